The maximum atomic E-state index is 13.4. The van der Waals surface area contributed by atoms with Crippen molar-refractivity contribution >= 4 is 23.2 Å². The number of rotatable bonds is 2. The molecule has 16 heavy (non-hydrogen) atoms. The fourth-order valence-corrected chi connectivity index (χ4v) is 3.04. The maximum absolute atomic E-state index is 13.4. The van der Waals surface area contributed by atoms with Crippen LogP contribution < -0.4 is 5.73 Å². The third-order valence-corrected chi connectivity index (χ3v) is 4.12. The molecule has 1 aliphatic rings. The van der Waals surface area contributed by atoms with E-state index in [9.17, 15) is 4.39 Å². The van der Waals surface area contributed by atoms with Crippen molar-refractivity contribution in [3.63, 3.8) is 0 Å². The van der Waals surface area contributed by atoms with Gasteiger partial charge in [0.15, 0.2) is 0 Å². The molecule has 0 heterocycles. The van der Waals surface area contributed by atoms with E-state index in [0.29, 0.717) is 10.9 Å². The Labute approximate surface area is 105 Å². The summed E-state index contributed by atoms with van der Waals surface area (Å²) in [5.74, 6) is 0.272. The summed E-state index contributed by atoms with van der Waals surface area (Å²) in [5.41, 5.74) is 6.76. The second-order valence-corrected chi connectivity index (χ2v) is 5.18. The molecule has 0 bridgehead atoms. The van der Waals surface area contributed by atoms with Crippen molar-refractivity contribution in [2.75, 3.05) is 0 Å². The van der Waals surface area contributed by atoms with Crippen LogP contribution in [0, 0.1) is 11.7 Å². The molecule has 0 aliphatic heterocycles. The summed E-state index contributed by atoms with van der Waals surface area (Å²) >= 11 is 11.8. The summed E-state index contributed by atoms with van der Waals surface area (Å²) in [6.07, 6.45) is 1.87. The second kappa shape index (κ2) is 4.52. The predicted molar refractivity (Wildman–Crippen MR) is 65.5 cm³/mol. The maximum Gasteiger partial charge on any atom is 0.142 e. The first-order chi connectivity index (χ1) is 7.54. The molecule has 3 atom stereocenters. The van der Waals surface area contributed by atoms with Crippen molar-refractivity contribution in [1.82, 2.24) is 0 Å². The number of benzene rings is 1. The van der Waals surface area contributed by atoms with Crippen molar-refractivity contribution in [2.24, 2.45) is 11.7 Å². The molecule has 1 nitrogen and oxygen atoms in total. The normalized spacial score (nSPS) is 28.9. The molecule has 88 valence electrons. The van der Waals surface area contributed by atoms with Gasteiger partial charge in [-0.25, -0.2) is 4.39 Å². The quantitative estimate of drug-likeness (QED) is 0.802. The minimum absolute atomic E-state index is 0.0745. The van der Waals surface area contributed by atoms with Crippen LogP contribution in [0.15, 0.2) is 12.1 Å². The molecular weight excluding hydrogens is 248 g/mol. The standard InChI is InChI=1S/C12H14Cl2FN/c1-2-6-7(4-12(6)16)8-3-11(15)10(14)5-9(8)13/h3,5-7,12H,2,4,16H2,1H3. The average molecular weight is 262 g/mol. The van der Waals surface area contributed by atoms with Crippen molar-refractivity contribution in [3.8, 4) is 0 Å². The van der Waals surface area contributed by atoms with Gasteiger partial charge in [-0.05, 0) is 36.0 Å². The van der Waals surface area contributed by atoms with Gasteiger partial charge in [-0.3, -0.25) is 0 Å². The Kier molecular flexibility index (Phi) is 3.43. The molecule has 1 aromatic carbocycles. The van der Waals surface area contributed by atoms with Crippen molar-refractivity contribution < 1.29 is 4.39 Å². The highest BCUT2D eigenvalue weighted by Crippen LogP contribution is 2.46. The summed E-state index contributed by atoms with van der Waals surface area (Å²) < 4.78 is 13.4. The molecule has 0 amide bonds. The zero-order valence-corrected chi connectivity index (χ0v) is 10.5. The van der Waals surface area contributed by atoms with Crippen LogP contribution in [0.1, 0.15) is 31.2 Å². The Balaban J connectivity index is 2.31. The summed E-state index contributed by atoms with van der Waals surface area (Å²) in [5, 5.41) is 0.618. The Bertz CT molecular complexity index is 408. The van der Waals surface area contributed by atoms with E-state index in [-0.39, 0.29) is 17.0 Å². The van der Waals surface area contributed by atoms with Gasteiger partial charge in [0.2, 0.25) is 0 Å². The number of halogens is 3. The van der Waals surface area contributed by atoms with Crippen LogP contribution in [-0.4, -0.2) is 6.04 Å². The zero-order chi connectivity index (χ0) is 11.9. The fraction of sp³-hybridized carbons (Fsp3) is 0.500. The predicted octanol–water partition coefficient (Wildman–Crippen LogP) is 3.97. The number of nitrogens with two attached hydrogens (primary N) is 1. The molecule has 1 aromatic rings. The van der Waals surface area contributed by atoms with Crippen LogP contribution >= 0.6 is 23.2 Å². The van der Waals surface area contributed by atoms with Crippen LogP contribution in [0.2, 0.25) is 10.0 Å². The molecule has 0 aromatic heterocycles. The SMILES string of the molecule is CCC1C(N)CC1c1cc(F)c(Cl)cc1Cl. The summed E-state index contributed by atoms with van der Waals surface area (Å²) in [7, 11) is 0. The van der Waals surface area contributed by atoms with Crippen molar-refractivity contribution in [2.45, 2.75) is 31.7 Å². The lowest BCUT2D eigenvalue weighted by molar-refractivity contribution is 0.198. The van der Waals surface area contributed by atoms with Gasteiger partial charge in [0.05, 0.1) is 5.02 Å². The van der Waals surface area contributed by atoms with Crippen LogP contribution in [0.3, 0.4) is 0 Å². The Morgan fingerprint density at radius 1 is 1.38 bits per heavy atom. The smallest absolute Gasteiger partial charge is 0.142 e. The number of hydrogen-bond acceptors (Lipinski definition) is 1. The molecule has 0 radical (unpaired) electrons. The van der Waals surface area contributed by atoms with Gasteiger partial charge in [-0.1, -0.05) is 36.5 Å². The largest absolute Gasteiger partial charge is 0.327 e. The third kappa shape index (κ3) is 1.94. The first-order valence-electron chi connectivity index (χ1n) is 5.44. The molecule has 1 fully saturated rings. The highest BCUT2D eigenvalue weighted by atomic mass is 35.5. The highest BCUT2D eigenvalue weighted by Gasteiger charge is 2.39. The van der Waals surface area contributed by atoms with Crippen LogP contribution in [0.25, 0.3) is 0 Å². The Morgan fingerprint density at radius 3 is 2.62 bits per heavy atom. The fourth-order valence-electron chi connectivity index (χ4n) is 2.51. The Morgan fingerprint density at radius 2 is 2.06 bits per heavy atom. The first kappa shape index (κ1) is 12.2. The molecule has 0 saturated heterocycles. The molecule has 0 spiro atoms. The summed E-state index contributed by atoms with van der Waals surface area (Å²) in [6, 6.07) is 3.14. The lowest BCUT2D eigenvalue weighted by Crippen LogP contribution is -2.45. The molecule has 2 rings (SSSR count). The lowest BCUT2D eigenvalue weighted by atomic mass is 9.65. The van der Waals surface area contributed by atoms with Gasteiger partial charge in [-0.2, -0.15) is 0 Å². The van der Waals surface area contributed by atoms with E-state index in [1.807, 2.05) is 0 Å². The van der Waals surface area contributed by atoms with Crippen LogP contribution in [0.5, 0.6) is 0 Å². The summed E-state index contributed by atoms with van der Waals surface area (Å²) in [6.45, 7) is 2.09. The molecule has 2 N–H and O–H groups in total. The molecule has 3 unspecified atom stereocenters. The zero-order valence-electron chi connectivity index (χ0n) is 9.01. The minimum atomic E-state index is -0.406. The van der Waals surface area contributed by atoms with Crippen LogP contribution in [-0.2, 0) is 0 Å². The van der Waals surface area contributed by atoms with Gasteiger partial charge in [0.1, 0.15) is 5.82 Å². The lowest BCUT2D eigenvalue weighted by Gasteiger charge is -2.43. The topological polar surface area (TPSA) is 26.0 Å². The van der Waals surface area contributed by atoms with Gasteiger partial charge >= 0.3 is 0 Å². The molecule has 1 aliphatic carbocycles. The molecular formula is C12H14Cl2FN. The van der Waals surface area contributed by atoms with Crippen LogP contribution in [0.4, 0.5) is 4.39 Å². The van der Waals surface area contributed by atoms with E-state index in [1.54, 1.807) is 0 Å². The summed E-state index contributed by atoms with van der Waals surface area (Å²) in [4.78, 5) is 0. The van der Waals surface area contributed by atoms with Crippen molar-refractivity contribution in [3.05, 3.63) is 33.6 Å². The molecule has 1 saturated carbocycles. The van der Waals surface area contributed by atoms with E-state index in [1.165, 1.54) is 12.1 Å². The van der Waals surface area contributed by atoms with Gasteiger partial charge in [-0.15, -0.1) is 0 Å². The van der Waals surface area contributed by atoms with E-state index in [4.69, 9.17) is 28.9 Å². The van der Waals surface area contributed by atoms with Gasteiger partial charge < -0.3 is 5.73 Å². The Hall–Kier alpha value is -0.310. The van der Waals surface area contributed by atoms with Crippen molar-refractivity contribution in [1.29, 1.82) is 0 Å². The molecule has 4 heteroatoms. The third-order valence-electron chi connectivity index (χ3n) is 3.50. The van der Waals surface area contributed by atoms with Gasteiger partial charge in [0.25, 0.3) is 0 Å². The van der Waals surface area contributed by atoms with E-state index >= 15 is 0 Å². The second-order valence-electron chi connectivity index (χ2n) is 4.37. The minimum Gasteiger partial charge on any atom is -0.327 e. The van der Waals surface area contributed by atoms with E-state index in [2.05, 4.69) is 6.92 Å². The first-order valence-corrected chi connectivity index (χ1v) is 6.20. The van der Waals surface area contributed by atoms with E-state index in [0.717, 1.165) is 18.4 Å². The van der Waals surface area contributed by atoms with Gasteiger partial charge in [0, 0.05) is 11.1 Å². The monoisotopic (exact) mass is 261 g/mol. The highest BCUT2D eigenvalue weighted by molar-refractivity contribution is 6.35. The number of hydrogen-bond donors (Lipinski definition) is 1. The van der Waals surface area contributed by atoms with E-state index < -0.39 is 5.82 Å². The average Bonchev–Trinajstić information content (AvgIpc) is 2.21.